The summed E-state index contributed by atoms with van der Waals surface area (Å²) in [6.45, 7) is 2.18. The topological polar surface area (TPSA) is 28.1 Å². The van der Waals surface area contributed by atoms with Gasteiger partial charge in [-0.05, 0) is 56.7 Å². The molecule has 1 heterocycles. The van der Waals surface area contributed by atoms with Crippen LogP contribution in [-0.2, 0) is 6.42 Å². The molecule has 2 heteroatoms. The van der Waals surface area contributed by atoms with Crippen molar-refractivity contribution in [2.24, 2.45) is 4.99 Å². The predicted molar refractivity (Wildman–Crippen MR) is 89.4 cm³/mol. The van der Waals surface area contributed by atoms with E-state index in [-0.39, 0.29) is 0 Å². The molecule has 4 rings (SSSR count). The van der Waals surface area contributed by atoms with Gasteiger partial charge in [-0.2, -0.15) is 0 Å². The molecule has 2 nitrogen and oxygen atoms in total. The number of fused-ring (bicyclic) bond motifs is 3. The molecule has 0 unspecified atom stereocenters. The first-order chi connectivity index (χ1) is 10.3. The molecule has 0 aliphatic heterocycles. The summed E-state index contributed by atoms with van der Waals surface area (Å²) in [7, 11) is 0. The Balaban J connectivity index is 1.77. The molecule has 2 aromatic rings. The fraction of sp³-hybridized carbons (Fsp3) is 0.526. The van der Waals surface area contributed by atoms with Crippen molar-refractivity contribution in [3.05, 3.63) is 35.0 Å². The van der Waals surface area contributed by atoms with Gasteiger partial charge in [-0.1, -0.05) is 30.9 Å². The average Bonchev–Trinajstić information content (AvgIpc) is 2.88. The average molecular weight is 280 g/mol. The molecule has 2 aliphatic rings. The van der Waals surface area contributed by atoms with Crippen LogP contribution in [0.5, 0.6) is 0 Å². The van der Waals surface area contributed by atoms with Crippen molar-refractivity contribution in [3.63, 3.8) is 0 Å². The van der Waals surface area contributed by atoms with E-state index in [0.29, 0.717) is 6.04 Å². The van der Waals surface area contributed by atoms with Crippen LogP contribution in [0.2, 0.25) is 0 Å². The standard InChI is InChI=1S/C19H24N2/c1-13-10-11-17-16(12-13)15-8-5-9-18(19(15)21-17)20-14-6-3-2-4-7-14/h10-12,14,21H,2-9H2,1H3. The normalized spacial score (nSPS) is 21.9. The quantitative estimate of drug-likeness (QED) is 0.767. The highest BCUT2D eigenvalue weighted by Gasteiger charge is 2.22. The van der Waals surface area contributed by atoms with Gasteiger partial charge in [0.15, 0.2) is 0 Å². The van der Waals surface area contributed by atoms with Gasteiger partial charge in [0.2, 0.25) is 0 Å². The van der Waals surface area contributed by atoms with Gasteiger partial charge in [0.25, 0.3) is 0 Å². The monoisotopic (exact) mass is 280 g/mol. The van der Waals surface area contributed by atoms with E-state index in [2.05, 4.69) is 30.1 Å². The van der Waals surface area contributed by atoms with Crippen molar-refractivity contribution in [1.82, 2.24) is 4.98 Å². The molecular formula is C19H24N2. The summed E-state index contributed by atoms with van der Waals surface area (Å²) in [4.78, 5) is 8.79. The van der Waals surface area contributed by atoms with Gasteiger partial charge in [-0.25, -0.2) is 0 Å². The fourth-order valence-corrected chi connectivity index (χ4v) is 3.98. The number of aromatic amines is 1. The number of hydrogen-bond acceptors (Lipinski definition) is 1. The number of nitrogens with one attached hydrogen (secondary N) is 1. The van der Waals surface area contributed by atoms with Gasteiger partial charge in [0.1, 0.15) is 0 Å². The van der Waals surface area contributed by atoms with Crippen LogP contribution in [0.3, 0.4) is 0 Å². The number of aromatic nitrogens is 1. The molecule has 0 spiro atoms. The van der Waals surface area contributed by atoms with Crippen LogP contribution in [0.25, 0.3) is 10.9 Å². The molecule has 1 N–H and O–H groups in total. The first-order valence-corrected chi connectivity index (χ1v) is 8.49. The van der Waals surface area contributed by atoms with Crippen molar-refractivity contribution >= 4 is 16.6 Å². The van der Waals surface area contributed by atoms with E-state index in [1.807, 2.05) is 0 Å². The Morgan fingerprint density at radius 1 is 1.05 bits per heavy atom. The maximum Gasteiger partial charge on any atom is 0.0638 e. The SMILES string of the molecule is Cc1ccc2[nH]c3c(c2c1)CCCC3=NC1CCCCC1. The van der Waals surface area contributed by atoms with Gasteiger partial charge in [-0.15, -0.1) is 0 Å². The summed E-state index contributed by atoms with van der Waals surface area (Å²) in [6, 6.07) is 7.32. The highest BCUT2D eigenvalue weighted by Crippen LogP contribution is 2.31. The maximum absolute atomic E-state index is 5.14. The zero-order valence-electron chi connectivity index (χ0n) is 12.9. The lowest BCUT2D eigenvalue weighted by atomic mass is 9.92. The van der Waals surface area contributed by atoms with E-state index >= 15 is 0 Å². The van der Waals surface area contributed by atoms with Crippen molar-refractivity contribution in [3.8, 4) is 0 Å². The summed E-state index contributed by atoms with van der Waals surface area (Å²) in [6.07, 6.45) is 10.3. The molecule has 0 bridgehead atoms. The zero-order valence-corrected chi connectivity index (χ0v) is 12.9. The van der Waals surface area contributed by atoms with Gasteiger partial charge in [-0.3, -0.25) is 4.99 Å². The molecule has 0 atom stereocenters. The summed E-state index contributed by atoms with van der Waals surface area (Å²) < 4.78 is 0. The Morgan fingerprint density at radius 3 is 2.76 bits per heavy atom. The molecule has 1 fully saturated rings. The molecule has 0 saturated heterocycles. The van der Waals surface area contributed by atoms with Crippen LogP contribution in [0.15, 0.2) is 23.2 Å². The Labute approximate surface area is 126 Å². The number of nitrogens with zero attached hydrogens (tertiary/aromatic N) is 1. The van der Waals surface area contributed by atoms with Gasteiger partial charge < -0.3 is 4.98 Å². The van der Waals surface area contributed by atoms with Crippen LogP contribution in [0.1, 0.15) is 61.8 Å². The van der Waals surface area contributed by atoms with E-state index in [4.69, 9.17) is 4.99 Å². The molecule has 1 aromatic carbocycles. The molecule has 1 saturated carbocycles. The second-order valence-corrected chi connectivity index (χ2v) is 6.75. The van der Waals surface area contributed by atoms with Crippen LogP contribution in [0, 0.1) is 6.92 Å². The van der Waals surface area contributed by atoms with Crippen molar-refractivity contribution < 1.29 is 0 Å². The maximum atomic E-state index is 5.14. The summed E-state index contributed by atoms with van der Waals surface area (Å²) in [5.41, 5.74) is 6.82. The highest BCUT2D eigenvalue weighted by molar-refractivity contribution is 6.06. The molecule has 0 amide bonds. The lowest BCUT2D eigenvalue weighted by Crippen LogP contribution is -2.17. The zero-order chi connectivity index (χ0) is 14.2. The minimum Gasteiger partial charge on any atom is -0.353 e. The summed E-state index contributed by atoms with van der Waals surface area (Å²) >= 11 is 0. The molecule has 21 heavy (non-hydrogen) atoms. The third kappa shape index (κ3) is 2.41. The second-order valence-electron chi connectivity index (χ2n) is 6.75. The molecular weight excluding hydrogens is 256 g/mol. The Kier molecular flexibility index (Phi) is 3.33. The third-order valence-electron chi connectivity index (χ3n) is 5.10. The van der Waals surface area contributed by atoms with Crippen LogP contribution >= 0.6 is 0 Å². The van der Waals surface area contributed by atoms with Crippen LogP contribution in [-0.4, -0.2) is 16.7 Å². The first kappa shape index (κ1) is 13.1. The van der Waals surface area contributed by atoms with E-state index < -0.39 is 0 Å². The van der Waals surface area contributed by atoms with Gasteiger partial charge in [0, 0.05) is 10.9 Å². The lowest BCUT2D eigenvalue weighted by molar-refractivity contribution is 0.442. The van der Waals surface area contributed by atoms with Crippen LogP contribution < -0.4 is 0 Å². The highest BCUT2D eigenvalue weighted by atomic mass is 14.8. The smallest absolute Gasteiger partial charge is 0.0638 e. The largest absolute Gasteiger partial charge is 0.353 e. The fourth-order valence-electron chi connectivity index (χ4n) is 3.98. The number of aryl methyl sites for hydroxylation is 2. The number of rotatable bonds is 1. The lowest BCUT2D eigenvalue weighted by Gasteiger charge is -2.21. The van der Waals surface area contributed by atoms with Crippen LogP contribution in [0.4, 0.5) is 0 Å². The number of H-pyrrole nitrogens is 1. The summed E-state index contributed by atoms with van der Waals surface area (Å²) in [5, 5.41) is 1.42. The Hall–Kier alpha value is -1.57. The van der Waals surface area contributed by atoms with Gasteiger partial charge >= 0.3 is 0 Å². The van der Waals surface area contributed by atoms with E-state index in [9.17, 15) is 0 Å². The minimum absolute atomic E-state index is 0.577. The van der Waals surface area contributed by atoms with Gasteiger partial charge in [0.05, 0.1) is 17.4 Å². The van der Waals surface area contributed by atoms with E-state index in [1.54, 1.807) is 0 Å². The Morgan fingerprint density at radius 2 is 1.90 bits per heavy atom. The third-order valence-corrected chi connectivity index (χ3v) is 5.10. The second kappa shape index (κ2) is 5.32. The summed E-state index contributed by atoms with van der Waals surface area (Å²) in [5.74, 6) is 0. The first-order valence-electron chi connectivity index (χ1n) is 8.49. The van der Waals surface area contributed by atoms with Crippen molar-refractivity contribution in [2.75, 3.05) is 0 Å². The molecule has 1 aromatic heterocycles. The Bertz CT molecular complexity index is 687. The number of hydrogen-bond donors (Lipinski definition) is 1. The minimum atomic E-state index is 0.577. The van der Waals surface area contributed by atoms with Crippen molar-refractivity contribution in [2.45, 2.75) is 64.3 Å². The number of aliphatic imine (C=N–C) groups is 1. The molecule has 110 valence electrons. The molecule has 0 radical (unpaired) electrons. The predicted octanol–water partition coefficient (Wildman–Crippen LogP) is 4.93. The van der Waals surface area contributed by atoms with E-state index in [1.165, 1.54) is 78.4 Å². The van der Waals surface area contributed by atoms with E-state index in [0.717, 1.165) is 6.42 Å². The van der Waals surface area contributed by atoms with Crippen molar-refractivity contribution in [1.29, 1.82) is 0 Å². The number of benzene rings is 1. The molecule has 2 aliphatic carbocycles.